The van der Waals surface area contributed by atoms with Gasteiger partial charge in [-0.25, -0.2) is 0 Å². The molecule has 0 N–H and O–H groups in total. The smallest absolute Gasteiger partial charge is 0.219 e. The molecule has 1 rings (SSSR count). The van der Waals surface area contributed by atoms with Gasteiger partial charge in [-0.3, -0.25) is 4.79 Å². The van der Waals surface area contributed by atoms with E-state index in [0.717, 1.165) is 32.5 Å². The predicted molar refractivity (Wildman–Crippen MR) is 56.1 cm³/mol. The molecule has 0 spiro atoms. The van der Waals surface area contributed by atoms with E-state index < -0.39 is 0 Å². The maximum absolute atomic E-state index is 11.1. The van der Waals surface area contributed by atoms with E-state index in [2.05, 4.69) is 13.8 Å². The number of carbonyl (C=O) groups excluding carboxylic acids is 1. The van der Waals surface area contributed by atoms with Crippen molar-refractivity contribution in [3.63, 3.8) is 0 Å². The van der Waals surface area contributed by atoms with E-state index >= 15 is 0 Å². The quantitative estimate of drug-likeness (QED) is 0.692. The summed E-state index contributed by atoms with van der Waals surface area (Å²) in [6.07, 6.45) is 2.50. The number of hydrogen-bond acceptors (Lipinski definition) is 2. The summed E-state index contributed by atoms with van der Waals surface area (Å²) < 4.78 is 5.57. The summed E-state index contributed by atoms with van der Waals surface area (Å²) in [5.41, 5.74) is 0. The van der Waals surface area contributed by atoms with Crippen molar-refractivity contribution in [1.29, 1.82) is 0 Å². The van der Waals surface area contributed by atoms with E-state index in [0.29, 0.717) is 12.0 Å². The second-order valence-corrected chi connectivity index (χ2v) is 4.33. The molecule has 14 heavy (non-hydrogen) atoms. The third kappa shape index (κ3) is 3.66. The van der Waals surface area contributed by atoms with E-state index in [-0.39, 0.29) is 5.91 Å². The van der Waals surface area contributed by atoms with Gasteiger partial charge in [0.1, 0.15) is 0 Å². The maximum Gasteiger partial charge on any atom is 0.219 e. The molecule has 1 amide bonds. The fourth-order valence-corrected chi connectivity index (χ4v) is 1.74. The van der Waals surface area contributed by atoms with Crippen LogP contribution in [-0.4, -0.2) is 36.6 Å². The van der Waals surface area contributed by atoms with Crippen LogP contribution in [0.5, 0.6) is 0 Å². The Morgan fingerprint density at radius 1 is 1.43 bits per heavy atom. The van der Waals surface area contributed by atoms with Gasteiger partial charge in [0.25, 0.3) is 0 Å². The molecule has 0 radical (unpaired) electrons. The lowest BCUT2D eigenvalue weighted by atomic mass is 9.98. The predicted octanol–water partition coefficient (Wildman–Crippen LogP) is 1.67. The van der Waals surface area contributed by atoms with E-state index in [1.807, 2.05) is 4.90 Å². The average Bonchev–Trinajstić information content (AvgIpc) is 2.15. The van der Waals surface area contributed by atoms with Gasteiger partial charge < -0.3 is 9.64 Å². The molecule has 0 aromatic rings. The van der Waals surface area contributed by atoms with Crippen LogP contribution in [0.4, 0.5) is 0 Å². The van der Waals surface area contributed by atoms with Gasteiger partial charge in [0.15, 0.2) is 0 Å². The fraction of sp³-hybridized carbons (Fsp3) is 0.909. The minimum atomic E-state index is 0.202. The topological polar surface area (TPSA) is 29.5 Å². The highest BCUT2D eigenvalue weighted by Crippen LogP contribution is 2.17. The number of amides is 1. The summed E-state index contributed by atoms with van der Waals surface area (Å²) in [6, 6.07) is 0. The monoisotopic (exact) mass is 199 g/mol. The molecular formula is C11H21NO2. The number of piperidine rings is 1. The van der Waals surface area contributed by atoms with Gasteiger partial charge in [-0.15, -0.1) is 0 Å². The van der Waals surface area contributed by atoms with E-state index in [4.69, 9.17) is 4.74 Å². The van der Waals surface area contributed by atoms with Crippen LogP contribution >= 0.6 is 0 Å². The molecule has 3 heteroatoms. The molecule has 3 nitrogen and oxygen atoms in total. The van der Waals surface area contributed by atoms with Crippen molar-refractivity contribution in [2.75, 3.05) is 19.7 Å². The molecule has 0 bridgehead atoms. The van der Waals surface area contributed by atoms with Gasteiger partial charge in [-0.05, 0) is 32.6 Å². The third-order valence-corrected chi connectivity index (χ3v) is 2.73. The van der Waals surface area contributed by atoms with Crippen molar-refractivity contribution >= 4 is 5.91 Å². The van der Waals surface area contributed by atoms with Crippen molar-refractivity contribution in [3.05, 3.63) is 0 Å². The van der Waals surface area contributed by atoms with Crippen LogP contribution in [0.2, 0.25) is 0 Å². The second kappa shape index (κ2) is 5.35. The van der Waals surface area contributed by atoms with Crippen LogP contribution in [0.25, 0.3) is 0 Å². The number of nitrogens with zero attached hydrogens (tertiary/aromatic N) is 1. The van der Waals surface area contributed by atoms with Gasteiger partial charge in [-0.1, -0.05) is 0 Å². The average molecular weight is 199 g/mol. The number of hydrogen-bond donors (Lipinski definition) is 0. The molecule has 82 valence electrons. The first kappa shape index (κ1) is 11.5. The molecule has 1 fully saturated rings. The molecule has 0 aromatic heterocycles. The van der Waals surface area contributed by atoms with Crippen molar-refractivity contribution in [2.24, 2.45) is 5.92 Å². The SMILES string of the molecule is CC(=O)N1CCC(COC(C)C)CC1. The minimum Gasteiger partial charge on any atom is -0.379 e. The summed E-state index contributed by atoms with van der Waals surface area (Å²) >= 11 is 0. The second-order valence-electron chi connectivity index (χ2n) is 4.33. The maximum atomic E-state index is 11.1. The summed E-state index contributed by atoms with van der Waals surface area (Å²) in [5.74, 6) is 0.848. The van der Waals surface area contributed by atoms with Gasteiger partial charge in [-0.2, -0.15) is 0 Å². The van der Waals surface area contributed by atoms with Crippen LogP contribution < -0.4 is 0 Å². The minimum absolute atomic E-state index is 0.202. The zero-order chi connectivity index (χ0) is 10.6. The molecule has 1 aliphatic heterocycles. The summed E-state index contributed by atoms with van der Waals surface area (Å²) in [4.78, 5) is 13.0. The zero-order valence-corrected chi connectivity index (χ0v) is 9.45. The number of carbonyl (C=O) groups is 1. The lowest BCUT2D eigenvalue weighted by Gasteiger charge is -2.31. The van der Waals surface area contributed by atoms with Crippen molar-refractivity contribution in [2.45, 2.75) is 39.7 Å². The van der Waals surface area contributed by atoms with E-state index in [1.54, 1.807) is 6.92 Å². The molecule has 1 heterocycles. The number of rotatable bonds is 3. The number of likely N-dealkylation sites (tertiary alicyclic amines) is 1. The van der Waals surface area contributed by atoms with Crippen LogP contribution in [0.3, 0.4) is 0 Å². The Balaban J connectivity index is 2.19. The Hall–Kier alpha value is -0.570. The van der Waals surface area contributed by atoms with Crippen molar-refractivity contribution < 1.29 is 9.53 Å². The first-order valence-electron chi connectivity index (χ1n) is 5.46. The van der Waals surface area contributed by atoms with Gasteiger partial charge in [0.05, 0.1) is 6.10 Å². The lowest BCUT2D eigenvalue weighted by molar-refractivity contribution is -0.130. The molecule has 0 atom stereocenters. The fourth-order valence-electron chi connectivity index (χ4n) is 1.74. The first-order valence-corrected chi connectivity index (χ1v) is 5.46. The Morgan fingerprint density at radius 3 is 2.43 bits per heavy atom. The standard InChI is InChI=1S/C11H21NO2/c1-9(2)14-8-11-4-6-12(7-5-11)10(3)13/h9,11H,4-8H2,1-3H3. The van der Waals surface area contributed by atoms with Gasteiger partial charge >= 0.3 is 0 Å². The molecule has 1 saturated heterocycles. The molecule has 0 unspecified atom stereocenters. The largest absolute Gasteiger partial charge is 0.379 e. The number of ether oxygens (including phenoxy) is 1. The van der Waals surface area contributed by atoms with Gasteiger partial charge in [0.2, 0.25) is 5.91 Å². The normalized spacial score (nSPS) is 19.0. The zero-order valence-electron chi connectivity index (χ0n) is 9.45. The van der Waals surface area contributed by atoms with E-state index in [1.165, 1.54) is 0 Å². The Labute approximate surface area is 86.4 Å². The highest BCUT2D eigenvalue weighted by molar-refractivity contribution is 5.73. The van der Waals surface area contributed by atoms with Crippen molar-refractivity contribution in [1.82, 2.24) is 4.90 Å². The van der Waals surface area contributed by atoms with Crippen LogP contribution in [0.1, 0.15) is 33.6 Å². The molecule has 1 aliphatic rings. The van der Waals surface area contributed by atoms with Crippen LogP contribution in [-0.2, 0) is 9.53 Å². The highest BCUT2D eigenvalue weighted by atomic mass is 16.5. The summed E-state index contributed by atoms with van der Waals surface area (Å²) in [7, 11) is 0. The summed E-state index contributed by atoms with van der Waals surface area (Å²) in [6.45, 7) is 8.42. The lowest BCUT2D eigenvalue weighted by Crippen LogP contribution is -2.38. The summed E-state index contributed by atoms with van der Waals surface area (Å²) in [5, 5.41) is 0. The van der Waals surface area contributed by atoms with Crippen LogP contribution in [0, 0.1) is 5.92 Å². The Morgan fingerprint density at radius 2 is 2.00 bits per heavy atom. The van der Waals surface area contributed by atoms with Crippen LogP contribution in [0.15, 0.2) is 0 Å². The molecule has 0 aliphatic carbocycles. The molecule has 0 aromatic carbocycles. The molecule has 0 saturated carbocycles. The van der Waals surface area contributed by atoms with Gasteiger partial charge in [0, 0.05) is 26.6 Å². The Kier molecular flexibility index (Phi) is 4.39. The van der Waals surface area contributed by atoms with E-state index in [9.17, 15) is 4.79 Å². The van der Waals surface area contributed by atoms with Crippen molar-refractivity contribution in [3.8, 4) is 0 Å². The Bertz CT molecular complexity index is 184. The first-order chi connectivity index (χ1) is 6.59. The third-order valence-electron chi connectivity index (χ3n) is 2.73. The highest BCUT2D eigenvalue weighted by Gasteiger charge is 2.20. The molecular weight excluding hydrogens is 178 g/mol.